The monoisotopic (exact) mass is 243 g/mol. The summed E-state index contributed by atoms with van der Waals surface area (Å²) in [7, 11) is 0. The van der Waals surface area contributed by atoms with Crippen molar-refractivity contribution in [2.24, 2.45) is 0 Å². The molecule has 1 N–H and O–H groups in total. The van der Waals surface area contributed by atoms with E-state index < -0.39 is 0 Å². The topological polar surface area (TPSA) is 41.9 Å². The average molecular weight is 243 g/mol. The normalized spacial score (nSPS) is 37.9. The molecule has 0 saturated carbocycles. The Bertz CT molecular complexity index is 262. The minimum absolute atomic E-state index is 0.117. The summed E-state index contributed by atoms with van der Waals surface area (Å²) >= 11 is 0. The first-order valence-electron chi connectivity index (χ1n) is 6.49. The summed E-state index contributed by atoms with van der Waals surface area (Å²) in [5, 5.41) is 10.1. The molecule has 2 rings (SSSR count). The van der Waals surface area contributed by atoms with Crippen molar-refractivity contribution in [2.75, 3.05) is 26.3 Å². The standard InChI is InChI=1S/C13H25NO3/c1-12(2)8-14(9-13(3,4)17-12)10-7-16-6-5-11(10)15/h10-11,15H,5-9H2,1-4H3. The van der Waals surface area contributed by atoms with E-state index in [1.807, 2.05) is 0 Å². The molecule has 2 unspecified atom stereocenters. The molecule has 4 heteroatoms. The first-order valence-corrected chi connectivity index (χ1v) is 6.49. The molecule has 2 saturated heterocycles. The summed E-state index contributed by atoms with van der Waals surface area (Å²) < 4.78 is 11.6. The molecule has 2 heterocycles. The van der Waals surface area contributed by atoms with E-state index in [4.69, 9.17) is 9.47 Å². The van der Waals surface area contributed by atoms with Gasteiger partial charge in [-0.1, -0.05) is 0 Å². The Balaban J connectivity index is 2.09. The molecule has 17 heavy (non-hydrogen) atoms. The summed E-state index contributed by atoms with van der Waals surface area (Å²) in [4.78, 5) is 2.33. The zero-order valence-electron chi connectivity index (χ0n) is 11.4. The molecule has 4 nitrogen and oxygen atoms in total. The number of aliphatic hydroxyl groups is 1. The van der Waals surface area contributed by atoms with Gasteiger partial charge in [0.1, 0.15) is 0 Å². The van der Waals surface area contributed by atoms with Crippen molar-refractivity contribution in [2.45, 2.75) is 57.5 Å². The van der Waals surface area contributed by atoms with E-state index in [0.29, 0.717) is 13.2 Å². The number of aliphatic hydroxyl groups excluding tert-OH is 1. The first kappa shape index (κ1) is 13.3. The van der Waals surface area contributed by atoms with Crippen LogP contribution >= 0.6 is 0 Å². The number of hydrogen-bond acceptors (Lipinski definition) is 4. The summed E-state index contributed by atoms with van der Waals surface area (Å²) in [5.41, 5.74) is -0.335. The molecular formula is C13H25NO3. The molecule has 2 atom stereocenters. The van der Waals surface area contributed by atoms with Crippen LogP contribution in [-0.4, -0.2) is 59.7 Å². The van der Waals surface area contributed by atoms with Crippen LogP contribution in [0.5, 0.6) is 0 Å². The lowest BCUT2D eigenvalue weighted by Gasteiger charge is -2.51. The molecule has 0 bridgehead atoms. The molecule has 0 aromatic carbocycles. The lowest BCUT2D eigenvalue weighted by molar-refractivity contribution is -0.202. The van der Waals surface area contributed by atoms with Gasteiger partial charge in [0.25, 0.3) is 0 Å². The van der Waals surface area contributed by atoms with E-state index >= 15 is 0 Å². The third-order valence-electron chi connectivity index (χ3n) is 3.48. The van der Waals surface area contributed by atoms with Crippen molar-refractivity contribution < 1.29 is 14.6 Å². The summed E-state index contributed by atoms with van der Waals surface area (Å²) in [6, 6.07) is 0.117. The quantitative estimate of drug-likeness (QED) is 0.747. The summed E-state index contributed by atoms with van der Waals surface area (Å²) in [6.07, 6.45) is 0.469. The molecular weight excluding hydrogens is 218 g/mol. The van der Waals surface area contributed by atoms with Gasteiger partial charge < -0.3 is 14.6 Å². The van der Waals surface area contributed by atoms with E-state index in [2.05, 4.69) is 32.6 Å². The molecule has 0 aliphatic carbocycles. The van der Waals surface area contributed by atoms with Crippen LogP contribution in [0.4, 0.5) is 0 Å². The minimum atomic E-state index is -0.270. The van der Waals surface area contributed by atoms with Crippen LogP contribution in [0.3, 0.4) is 0 Å². The molecule has 2 aliphatic rings. The smallest absolute Gasteiger partial charge is 0.0760 e. The summed E-state index contributed by atoms with van der Waals surface area (Å²) in [6.45, 7) is 11.4. The highest BCUT2D eigenvalue weighted by molar-refractivity contribution is 4.94. The summed E-state index contributed by atoms with van der Waals surface area (Å²) in [5.74, 6) is 0. The van der Waals surface area contributed by atoms with Crippen LogP contribution in [0.1, 0.15) is 34.1 Å². The van der Waals surface area contributed by atoms with Crippen molar-refractivity contribution in [3.63, 3.8) is 0 Å². The van der Waals surface area contributed by atoms with Crippen molar-refractivity contribution in [1.82, 2.24) is 4.90 Å². The first-order chi connectivity index (χ1) is 7.79. The van der Waals surface area contributed by atoms with Gasteiger partial charge in [0.05, 0.1) is 30.0 Å². The predicted molar refractivity (Wildman–Crippen MR) is 66.0 cm³/mol. The maximum absolute atomic E-state index is 10.1. The van der Waals surface area contributed by atoms with Crippen LogP contribution in [0.15, 0.2) is 0 Å². The number of rotatable bonds is 1. The number of morpholine rings is 1. The van der Waals surface area contributed by atoms with Gasteiger partial charge in [-0.3, -0.25) is 4.90 Å². The van der Waals surface area contributed by atoms with Gasteiger partial charge in [0.2, 0.25) is 0 Å². The van der Waals surface area contributed by atoms with Gasteiger partial charge in [0.15, 0.2) is 0 Å². The van der Waals surface area contributed by atoms with Crippen molar-refractivity contribution in [1.29, 1.82) is 0 Å². The second-order valence-corrected chi connectivity index (χ2v) is 6.52. The fourth-order valence-electron chi connectivity index (χ4n) is 3.14. The minimum Gasteiger partial charge on any atom is -0.391 e. The fraction of sp³-hybridized carbons (Fsp3) is 1.00. The van der Waals surface area contributed by atoms with Crippen molar-refractivity contribution in [3.8, 4) is 0 Å². The molecule has 2 fully saturated rings. The van der Waals surface area contributed by atoms with Crippen LogP contribution in [0.25, 0.3) is 0 Å². The van der Waals surface area contributed by atoms with Gasteiger partial charge in [-0.05, 0) is 34.1 Å². The molecule has 0 aromatic heterocycles. The number of nitrogens with zero attached hydrogens (tertiary/aromatic N) is 1. The van der Waals surface area contributed by atoms with Crippen LogP contribution in [0.2, 0.25) is 0 Å². The SMILES string of the molecule is CC1(C)CN(C2COCCC2O)CC(C)(C)O1. The molecule has 0 radical (unpaired) electrons. The lowest BCUT2D eigenvalue weighted by Crippen LogP contribution is -2.63. The van der Waals surface area contributed by atoms with Gasteiger partial charge >= 0.3 is 0 Å². The highest BCUT2D eigenvalue weighted by Gasteiger charge is 2.42. The predicted octanol–water partition coefficient (Wildman–Crippen LogP) is 1.03. The third-order valence-corrected chi connectivity index (χ3v) is 3.48. The number of hydrogen-bond donors (Lipinski definition) is 1. The Hall–Kier alpha value is -0.160. The second kappa shape index (κ2) is 4.50. The van der Waals surface area contributed by atoms with E-state index in [9.17, 15) is 5.11 Å². The highest BCUT2D eigenvalue weighted by atomic mass is 16.5. The van der Waals surface area contributed by atoms with Crippen LogP contribution in [-0.2, 0) is 9.47 Å². The molecule has 0 aromatic rings. The Morgan fingerprint density at radius 3 is 2.24 bits per heavy atom. The maximum atomic E-state index is 10.1. The highest BCUT2D eigenvalue weighted by Crippen LogP contribution is 2.30. The Labute approximate surface area is 104 Å². The van der Waals surface area contributed by atoms with Crippen molar-refractivity contribution in [3.05, 3.63) is 0 Å². The molecule has 0 spiro atoms. The third kappa shape index (κ3) is 3.19. The van der Waals surface area contributed by atoms with E-state index in [1.54, 1.807) is 0 Å². The van der Waals surface area contributed by atoms with E-state index in [-0.39, 0.29) is 23.3 Å². The Morgan fingerprint density at radius 1 is 1.12 bits per heavy atom. The molecule has 100 valence electrons. The Morgan fingerprint density at radius 2 is 1.71 bits per heavy atom. The van der Waals surface area contributed by atoms with Gasteiger partial charge in [-0.15, -0.1) is 0 Å². The maximum Gasteiger partial charge on any atom is 0.0760 e. The zero-order valence-corrected chi connectivity index (χ0v) is 11.4. The zero-order chi connectivity index (χ0) is 12.7. The van der Waals surface area contributed by atoms with Gasteiger partial charge in [0, 0.05) is 19.7 Å². The lowest BCUT2D eigenvalue weighted by atomic mass is 9.95. The fourth-order valence-corrected chi connectivity index (χ4v) is 3.14. The van der Waals surface area contributed by atoms with Crippen LogP contribution in [0, 0.1) is 0 Å². The van der Waals surface area contributed by atoms with Crippen molar-refractivity contribution >= 4 is 0 Å². The molecule has 0 amide bonds. The van der Waals surface area contributed by atoms with Gasteiger partial charge in [-0.25, -0.2) is 0 Å². The Kier molecular flexibility index (Phi) is 3.51. The van der Waals surface area contributed by atoms with E-state index in [0.717, 1.165) is 19.5 Å². The average Bonchev–Trinajstić information content (AvgIpc) is 2.13. The van der Waals surface area contributed by atoms with Gasteiger partial charge in [-0.2, -0.15) is 0 Å². The largest absolute Gasteiger partial charge is 0.391 e. The van der Waals surface area contributed by atoms with Crippen LogP contribution < -0.4 is 0 Å². The number of ether oxygens (including phenoxy) is 2. The molecule has 2 aliphatic heterocycles. The second-order valence-electron chi connectivity index (χ2n) is 6.52. The van der Waals surface area contributed by atoms with E-state index in [1.165, 1.54) is 0 Å².